The van der Waals surface area contributed by atoms with Crippen LogP contribution in [0.5, 0.6) is 11.5 Å². The van der Waals surface area contributed by atoms with Gasteiger partial charge in [-0.3, -0.25) is 0 Å². The van der Waals surface area contributed by atoms with E-state index in [9.17, 15) is 4.79 Å². The molecule has 0 atom stereocenters. The zero-order valence-corrected chi connectivity index (χ0v) is 23.9. The second-order valence-corrected chi connectivity index (χ2v) is 11.2. The third kappa shape index (κ3) is 6.14. The summed E-state index contributed by atoms with van der Waals surface area (Å²) in [7, 11) is 0. The number of amides is 1. The zero-order chi connectivity index (χ0) is 29.3. The first-order valence-corrected chi connectivity index (χ1v) is 13.8. The number of carbonyl (C=O) groups excluding carboxylic acids is 1. The average molecular weight is 569 g/mol. The van der Waals surface area contributed by atoms with Gasteiger partial charge in [0.25, 0.3) is 0 Å². The van der Waals surface area contributed by atoms with Gasteiger partial charge in [-0.1, -0.05) is 0 Å². The molecule has 1 aromatic carbocycles. The number of nitrogens with one attached hydrogen (secondary N) is 2. The van der Waals surface area contributed by atoms with Crippen molar-refractivity contribution in [3.8, 4) is 11.5 Å². The summed E-state index contributed by atoms with van der Waals surface area (Å²) in [4.78, 5) is 36.7. The van der Waals surface area contributed by atoms with Gasteiger partial charge in [-0.25, -0.2) is 34.2 Å². The molecule has 0 unspecified atom stereocenters. The Labute approximate surface area is 242 Å². The van der Waals surface area contributed by atoms with Crippen LogP contribution < -0.4 is 20.3 Å². The van der Waals surface area contributed by atoms with Gasteiger partial charge in [0.05, 0.1) is 6.20 Å². The maximum absolute atomic E-state index is 12.2. The Hall–Kier alpha value is -5.07. The third-order valence-corrected chi connectivity index (χ3v) is 6.78. The Morgan fingerprint density at radius 2 is 1.86 bits per heavy atom. The third-order valence-electron chi connectivity index (χ3n) is 6.78. The Kier molecular flexibility index (Phi) is 7.15. The molecule has 6 rings (SSSR count). The molecule has 1 saturated heterocycles. The van der Waals surface area contributed by atoms with E-state index in [0.29, 0.717) is 47.3 Å². The number of rotatable bonds is 6. The fourth-order valence-electron chi connectivity index (χ4n) is 4.75. The van der Waals surface area contributed by atoms with Gasteiger partial charge in [0.15, 0.2) is 11.5 Å². The average Bonchev–Trinajstić information content (AvgIpc) is 3.42. The summed E-state index contributed by atoms with van der Waals surface area (Å²) in [6.45, 7) is 8.95. The van der Waals surface area contributed by atoms with Crippen LogP contribution in [0.2, 0.25) is 0 Å². The number of hydrogen-bond acceptors (Lipinski definition) is 11. The number of hydrogen-bond donors (Lipinski definition) is 2. The molecule has 1 aliphatic heterocycles. The van der Waals surface area contributed by atoms with Gasteiger partial charge in [0.2, 0.25) is 5.95 Å². The predicted octanol–water partition coefficient (Wildman–Crippen LogP) is 4.80. The van der Waals surface area contributed by atoms with E-state index in [1.54, 1.807) is 10.7 Å². The number of aryl methyl sites for hydroxylation is 1. The Balaban J connectivity index is 1.14. The molecule has 1 amide bonds. The van der Waals surface area contributed by atoms with Crippen molar-refractivity contribution >= 4 is 40.2 Å². The Morgan fingerprint density at radius 3 is 2.64 bits per heavy atom. The second kappa shape index (κ2) is 11.1. The molecule has 0 radical (unpaired) electrons. The van der Waals surface area contributed by atoms with Crippen molar-refractivity contribution in [2.75, 3.05) is 23.3 Å². The van der Waals surface area contributed by atoms with E-state index < -0.39 is 5.60 Å². The summed E-state index contributed by atoms with van der Waals surface area (Å²) in [6, 6.07) is 9.55. The monoisotopic (exact) mass is 568 g/mol. The molecule has 5 heterocycles. The minimum absolute atomic E-state index is 0.0397. The van der Waals surface area contributed by atoms with Crippen LogP contribution in [0, 0.1) is 6.92 Å². The van der Waals surface area contributed by atoms with Crippen molar-refractivity contribution in [2.45, 2.75) is 52.2 Å². The van der Waals surface area contributed by atoms with E-state index in [0.717, 1.165) is 29.8 Å². The molecule has 1 fully saturated rings. The second-order valence-electron chi connectivity index (χ2n) is 11.2. The summed E-state index contributed by atoms with van der Waals surface area (Å²) in [5.74, 6) is 2.58. The molecule has 5 aromatic rings. The summed E-state index contributed by atoms with van der Waals surface area (Å²) in [6.07, 6.45) is 7.65. The summed E-state index contributed by atoms with van der Waals surface area (Å²) in [5, 5.41) is 10.5. The standard InChI is InChI=1S/C29H32N10O3/c1-18-13-20(5-6-23(18)41-21-9-12-39-24(14-21)32-17-34-39)35-26-25-22(31-16-33-26)15-30-27(37-25)38-10-7-19(8-11-38)36-28(40)42-29(2,3)4/h5-6,9,12-17,19H,7-8,10-11H2,1-4H3,(H,36,40)(H,31,33,35). The highest BCUT2D eigenvalue weighted by atomic mass is 16.6. The first kappa shape index (κ1) is 27.1. The van der Waals surface area contributed by atoms with Crippen molar-refractivity contribution in [3.05, 3.63) is 60.9 Å². The highest BCUT2D eigenvalue weighted by Gasteiger charge is 2.25. The molecule has 0 saturated carbocycles. The number of fused-ring (bicyclic) bond motifs is 2. The molecule has 13 heteroatoms. The molecule has 0 aliphatic carbocycles. The topological polar surface area (TPSA) is 145 Å². The molecule has 216 valence electrons. The van der Waals surface area contributed by atoms with Gasteiger partial charge in [-0.2, -0.15) is 5.10 Å². The highest BCUT2D eigenvalue weighted by Crippen LogP contribution is 2.30. The van der Waals surface area contributed by atoms with Crippen LogP contribution in [-0.4, -0.2) is 65.4 Å². The molecule has 1 aliphatic rings. The van der Waals surface area contributed by atoms with E-state index in [4.69, 9.17) is 14.5 Å². The lowest BCUT2D eigenvalue weighted by Crippen LogP contribution is -2.46. The number of aromatic nitrogens is 7. The fraction of sp³-hybridized carbons (Fsp3) is 0.345. The van der Waals surface area contributed by atoms with Gasteiger partial charge in [-0.05, 0) is 70.4 Å². The predicted molar refractivity (Wildman–Crippen MR) is 157 cm³/mol. The van der Waals surface area contributed by atoms with Crippen molar-refractivity contribution in [1.29, 1.82) is 0 Å². The first-order chi connectivity index (χ1) is 20.2. The number of benzene rings is 1. The molecule has 0 spiro atoms. The first-order valence-electron chi connectivity index (χ1n) is 13.8. The number of alkyl carbamates (subject to hydrolysis) is 1. The van der Waals surface area contributed by atoms with E-state index in [1.807, 2.05) is 64.2 Å². The van der Waals surface area contributed by atoms with E-state index in [1.165, 1.54) is 12.7 Å². The fourth-order valence-corrected chi connectivity index (χ4v) is 4.75. The van der Waals surface area contributed by atoms with E-state index in [-0.39, 0.29) is 12.1 Å². The van der Waals surface area contributed by atoms with Crippen LogP contribution in [0.1, 0.15) is 39.2 Å². The molecule has 4 aromatic heterocycles. The Bertz CT molecular complexity index is 1740. The van der Waals surface area contributed by atoms with E-state index >= 15 is 0 Å². The Morgan fingerprint density at radius 1 is 1.02 bits per heavy atom. The van der Waals surface area contributed by atoms with Crippen LogP contribution >= 0.6 is 0 Å². The van der Waals surface area contributed by atoms with Gasteiger partial charge in [0.1, 0.15) is 40.8 Å². The van der Waals surface area contributed by atoms with Gasteiger partial charge in [0, 0.05) is 37.1 Å². The number of anilines is 3. The van der Waals surface area contributed by atoms with Crippen molar-refractivity contribution < 1.29 is 14.3 Å². The smallest absolute Gasteiger partial charge is 0.407 e. The minimum Gasteiger partial charge on any atom is -0.457 e. The van der Waals surface area contributed by atoms with Crippen LogP contribution in [0.25, 0.3) is 16.7 Å². The zero-order valence-electron chi connectivity index (χ0n) is 23.9. The largest absolute Gasteiger partial charge is 0.457 e. The minimum atomic E-state index is -0.527. The SMILES string of the molecule is Cc1cc(Nc2ncnc3cnc(N4CCC(NC(=O)OC(C)(C)C)CC4)nc23)ccc1Oc1ccn2ncnc2c1. The number of piperidine rings is 1. The lowest BCUT2D eigenvalue weighted by molar-refractivity contribution is 0.0497. The molecule has 2 N–H and O–H groups in total. The molecular formula is C29H32N10O3. The maximum atomic E-state index is 12.2. The maximum Gasteiger partial charge on any atom is 0.407 e. The lowest BCUT2D eigenvalue weighted by Gasteiger charge is -2.32. The quantitative estimate of drug-likeness (QED) is 0.291. The molecule has 42 heavy (non-hydrogen) atoms. The molecular weight excluding hydrogens is 536 g/mol. The lowest BCUT2D eigenvalue weighted by atomic mass is 10.1. The number of ether oxygens (including phenoxy) is 2. The van der Waals surface area contributed by atoms with Crippen LogP contribution in [-0.2, 0) is 4.74 Å². The van der Waals surface area contributed by atoms with Gasteiger partial charge < -0.3 is 25.0 Å². The molecule has 0 bridgehead atoms. The normalized spacial score (nSPS) is 14.2. The van der Waals surface area contributed by atoms with E-state index in [2.05, 4.69) is 40.6 Å². The van der Waals surface area contributed by atoms with Crippen LogP contribution in [0.15, 0.2) is 55.4 Å². The van der Waals surface area contributed by atoms with Crippen molar-refractivity contribution in [3.63, 3.8) is 0 Å². The highest BCUT2D eigenvalue weighted by molar-refractivity contribution is 5.87. The van der Waals surface area contributed by atoms with Crippen molar-refractivity contribution in [2.24, 2.45) is 0 Å². The van der Waals surface area contributed by atoms with Crippen molar-refractivity contribution in [1.82, 2.24) is 39.9 Å². The number of pyridine rings is 1. The summed E-state index contributed by atoms with van der Waals surface area (Å²) in [5.41, 5.74) is 3.22. The van der Waals surface area contributed by atoms with Crippen LogP contribution in [0.4, 0.5) is 22.2 Å². The van der Waals surface area contributed by atoms with Gasteiger partial charge >= 0.3 is 6.09 Å². The van der Waals surface area contributed by atoms with Gasteiger partial charge in [-0.15, -0.1) is 0 Å². The number of carbonyl (C=O) groups is 1. The summed E-state index contributed by atoms with van der Waals surface area (Å²) < 4.78 is 13.2. The summed E-state index contributed by atoms with van der Waals surface area (Å²) >= 11 is 0. The number of nitrogens with zero attached hydrogens (tertiary/aromatic N) is 8. The van der Waals surface area contributed by atoms with Crippen LogP contribution in [0.3, 0.4) is 0 Å². The molecule has 13 nitrogen and oxygen atoms in total.